The first kappa shape index (κ1) is 12.7. The Balaban J connectivity index is 1.67. The molecule has 3 rings (SSSR count). The summed E-state index contributed by atoms with van der Waals surface area (Å²) in [6.45, 7) is 1.55. The summed E-state index contributed by atoms with van der Waals surface area (Å²) in [6, 6.07) is 9.16. The molecule has 1 aromatic carbocycles. The summed E-state index contributed by atoms with van der Waals surface area (Å²) in [5.41, 5.74) is 0.620. The summed E-state index contributed by atoms with van der Waals surface area (Å²) in [5.74, 6) is -0.783. The molecule has 0 bridgehead atoms. The zero-order chi connectivity index (χ0) is 14.1. The minimum Gasteiger partial charge on any atom is -0.449 e. The Morgan fingerprint density at radius 2 is 2.10 bits per heavy atom. The monoisotopic (exact) mass is 273 g/mol. The molecule has 0 spiro atoms. The van der Waals surface area contributed by atoms with Gasteiger partial charge in [0.1, 0.15) is 5.58 Å². The summed E-state index contributed by atoms with van der Waals surface area (Å²) < 4.78 is 10.5. The number of ether oxygens (including phenoxy) is 1. The first-order chi connectivity index (χ1) is 9.63. The summed E-state index contributed by atoms with van der Waals surface area (Å²) >= 11 is 0. The molecule has 1 aromatic heterocycles. The number of benzene rings is 1. The Labute approximate surface area is 115 Å². The second kappa shape index (κ2) is 5.00. The number of hydrogen-bond donors (Lipinski definition) is 1. The quantitative estimate of drug-likeness (QED) is 0.867. The maximum atomic E-state index is 11.9. The Morgan fingerprint density at radius 1 is 1.35 bits per heavy atom. The van der Waals surface area contributed by atoms with E-state index in [1.54, 1.807) is 19.1 Å². The van der Waals surface area contributed by atoms with Crippen molar-refractivity contribution in [2.75, 3.05) is 0 Å². The van der Waals surface area contributed by atoms with Gasteiger partial charge in [-0.15, -0.1) is 0 Å². The fourth-order valence-electron chi connectivity index (χ4n) is 1.90. The van der Waals surface area contributed by atoms with E-state index in [1.165, 1.54) is 0 Å². The average Bonchev–Trinajstić information content (AvgIpc) is 3.13. The molecule has 104 valence electrons. The molecule has 5 heteroatoms. The molecule has 2 aromatic rings. The molecule has 1 aliphatic carbocycles. The first-order valence-corrected chi connectivity index (χ1v) is 6.63. The molecular formula is C15H15NO4. The molecule has 1 amide bonds. The zero-order valence-corrected chi connectivity index (χ0v) is 11.1. The molecule has 0 unspecified atom stereocenters. The van der Waals surface area contributed by atoms with E-state index in [1.807, 2.05) is 18.2 Å². The van der Waals surface area contributed by atoms with Crippen molar-refractivity contribution in [2.45, 2.75) is 31.9 Å². The number of para-hydroxylation sites is 1. The van der Waals surface area contributed by atoms with Crippen LogP contribution in [0.3, 0.4) is 0 Å². The van der Waals surface area contributed by atoms with E-state index in [9.17, 15) is 9.59 Å². The van der Waals surface area contributed by atoms with E-state index in [-0.39, 0.29) is 17.7 Å². The van der Waals surface area contributed by atoms with Crippen LogP contribution >= 0.6 is 0 Å². The van der Waals surface area contributed by atoms with Crippen molar-refractivity contribution in [3.8, 4) is 0 Å². The molecule has 5 nitrogen and oxygen atoms in total. The van der Waals surface area contributed by atoms with Crippen molar-refractivity contribution < 1.29 is 18.7 Å². The van der Waals surface area contributed by atoms with Crippen LogP contribution in [0.2, 0.25) is 0 Å². The molecular weight excluding hydrogens is 258 g/mol. The van der Waals surface area contributed by atoms with Crippen molar-refractivity contribution in [1.82, 2.24) is 5.32 Å². The number of nitrogens with one attached hydrogen (secondary N) is 1. The maximum absolute atomic E-state index is 11.9. The number of furan rings is 1. The summed E-state index contributed by atoms with van der Waals surface area (Å²) in [5, 5.41) is 3.62. The van der Waals surface area contributed by atoms with E-state index in [0.717, 1.165) is 18.2 Å². The van der Waals surface area contributed by atoms with Gasteiger partial charge in [0, 0.05) is 11.4 Å². The van der Waals surface area contributed by atoms with E-state index in [0.29, 0.717) is 5.58 Å². The average molecular weight is 273 g/mol. The van der Waals surface area contributed by atoms with Crippen molar-refractivity contribution in [1.29, 1.82) is 0 Å². The normalized spacial score (nSPS) is 15.8. The number of esters is 1. The van der Waals surface area contributed by atoms with Crippen LogP contribution in [0.1, 0.15) is 30.3 Å². The van der Waals surface area contributed by atoms with Crippen LogP contribution in [0.25, 0.3) is 11.0 Å². The molecule has 1 aliphatic rings. The van der Waals surface area contributed by atoms with Crippen molar-refractivity contribution in [3.63, 3.8) is 0 Å². The van der Waals surface area contributed by atoms with E-state index >= 15 is 0 Å². The minimum atomic E-state index is -0.823. The minimum absolute atomic E-state index is 0.109. The van der Waals surface area contributed by atoms with E-state index in [2.05, 4.69) is 5.32 Å². The standard InChI is InChI=1S/C15H15NO4/c1-9(14(17)16-11-6-7-11)19-15(18)13-8-10-4-2-3-5-12(10)20-13/h2-5,8-9,11H,6-7H2,1H3,(H,16,17)/t9-/m1/s1. The van der Waals surface area contributed by atoms with Crippen LogP contribution in [0.5, 0.6) is 0 Å². The highest BCUT2D eigenvalue weighted by molar-refractivity contribution is 5.94. The highest BCUT2D eigenvalue weighted by Gasteiger charge is 2.28. The van der Waals surface area contributed by atoms with Gasteiger partial charge in [0.25, 0.3) is 5.91 Å². The number of rotatable bonds is 4. The van der Waals surface area contributed by atoms with Crippen LogP contribution in [0, 0.1) is 0 Å². The third-order valence-electron chi connectivity index (χ3n) is 3.20. The third-order valence-corrected chi connectivity index (χ3v) is 3.20. The predicted molar refractivity (Wildman–Crippen MR) is 72.3 cm³/mol. The SMILES string of the molecule is C[C@@H](OC(=O)c1cc2ccccc2o1)C(=O)NC1CC1. The zero-order valence-electron chi connectivity index (χ0n) is 11.1. The lowest BCUT2D eigenvalue weighted by Crippen LogP contribution is -2.37. The fourth-order valence-corrected chi connectivity index (χ4v) is 1.90. The molecule has 0 aliphatic heterocycles. The largest absolute Gasteiger partial charge is 0.449 e. The molecule has 1 saturated carbocycles. The summed E-state index contributed by atoms with van der Waals surface area (Å²) in [6.07, 6.45) is 1.17. The van der Waals surface area contributed by atoms with Crippen LogP contribution in [-0.4, -0.2) is 24.0 Å². The summed E-state index contributed by atoms with van der Waals surface area (Å²) in [7, 11) is 0. The highest BCUT2D eigenvalue weighted by Crippen LogP contribution is 2.21. The maximum Gasteiger partial charge on any atom is 0.375 e. The molecule has 1 atom stereocenters. The smallest absolute Gasteiger partial charge is 0.375 e. The third kappa shape index (κ3) is 2.66. The Hall–Kier alpha value is -2.30. The van der Waals surface area contributed by atoms with Gasteiger partial charge in [-0.2, -0.15) is 0 Å². The number of amides is 1. The van der Waals surface area contributed by atoms with Gasteiger partial charge in [-0.25, -0.2) is 4.79 Å². The van der Waals surface area contributed by atoms with Crippen LogP contribution in [-0.2, 0) is 9.53 Å². The molecule has 0 saturated heterocycles. The van der Waals surface area contributed by atoms with Gasteiger partial charge in [0.2, 0.25) is 5.76 Å². The van der Waals surface area contributed by atoms with Gasteiger partial charge in [-0.3, -0.25) is 4.79 Å². The molecule has 1 N–H and O–H groups in total. The van der Waals surface area contributed by atoms with Gasteiger partial charge < -0.3 is 14.5 Å². The second-order valence-electron chi connectivity index (χ2n) is 4.98. The lowest BCUT2D eigenvalue weighted by molar-refractivity contribution is -0.129. The van der Waals surface area contributed by atoms with Crippen LogP contribution in [0.15, 0.2) is 34.7 Å². The second-order valence-corrected chi connectivity index (χ2v) is 4.98. The van der Waals surface area contributed by atoms with Crippen molar-refractivity contribution in [2.24, 2.45) is 0 Å². The lowest BCUT2D eigenvalue weighted by Gasteiger charge is -2.11. The predicted octanol–water partition coefficient (Wildman–Crippen LogP) is 2.26. The Morgan fingerprint density at radius 3 is 2.80 bits per heavy atom. The number of carbonyl (C=O) groups is 2. The molecule has 0 radical (unpaired) electrons. The van der Waals surface area contributed by atoms with E-state index < -0.39 is 12.1 Å². The van der Waals surface area contributed by atoms with Crippen molar-refractivity contribution >= 4 is 22.8 Å². The molecule has 1 heterocycles. The van der Waals surface area contributed by atoms with Gasteiger partial charge in [0.15, 0.2) is 6.10 Å². The van der Waals surface area contributed by atoms with Gasteiger partial charge in [0.05, 0.1) is 0 Å². The Kier molecular flexibility index (Phi) is 3.18. The Bertz CT molecular complexity index is 624. The van der Waals surface area contributed by atoms with E-state index in [4.69, 9.17) is 9.15 Å². The fraction of sp³-hybridized carbons (Fsp3) is 0.333. The molecule has 20 heavy (non-hydrogen) atoms. The first-order valence-electron chi connectivity index (χ1n) is 6.63. The molecule has 1 fully saturated rings. The lowest BCUT2D eigenvalue weighted by atomic mass is 10.2. The highest BCUT2D eigenvalue weighted by atomic mass is 16.6. The summed E-state index contributed by atoms with van der Waals surface area (Å²) in [4.78, 5) is 23.6. The number of fused-ring (bicyclic) bond motifs is 1. The van der Waals surface area contributed by atoms with Gasteiger partial charge in [-0.05, 0) is 31.9 Å². The topological polar surface area (TPSA) is 68.5 Å². The van der Waals surface area contributed by atoms with Crippen LogP contribution < -0.4 is 5.32 Å². The van der Waals surface area contributed by atoms with Gasteiger partial charge >= 0.3 is 5.97 Å². The number of hydrogen-bond acceptors (Lipinski definition) is 4. The number of carbonyl (C=O) groups excluding carboxylic acids is 2. The van der Waals surface area contributed by atoms with Gasteiger partial charge in [-0.1, -0.05) is 18.2 Å². The van der Waals surface area contributed by atoms with Crippen LogP contribution in [0.4, 0.5) is 0 Å². The van der Waals surface area contributed by atoms with Crippen molar-refractivity contribution in [3.05, 3.63) is 36.1 Å².